The largest absolute Gasteiger partial charge is 0.497 e. The fourth-order valence-electron chi connectivity index (χ4n) is 6.98. The molecule has 0 aliphatic carbocycles. The normalized spacial score (nSPS) is 15.5. The molecule has 0 spiro atoms. The first-order valence-corrected chi connectivity index (χ1v) is 18.6. The fraction of sp³-hybridized carbons (Fsp3) is 0.205. The van der Waals surface area contributed by atoms with E-state index in [9.17, 15) is 4.79 Å². The molecule has 54 heavy (non-hydrogen) atoms. The van der Waals surface area contributed by atoms with E-state index >= 15 is 0 Å². The number of fused-ring (bicyclic) bond motifs is 1. The van der Waals surface area contributed by atoms with Crippen LogP contribution in [0.5, 0.6) is 11.5 Å². The smallest absolute Gasteiger partial charge is 0.341 e. The van der Waals surface area contributed by atoms with Crippen LogP contribution in [-0.2, 0) is 10.3 Å². The molecule has 0 aromatic heterocycles. The van der Waals surface area contributed by atoms with E-state index in [1.807, 2.05) is 101 Å². The van der Waals surface area contributed by atoms with E-state index < -0.39 is 11.6 Å². The molecule has 1 heterocycles. The number of hydrogen-bond acceptors (Lipinski definition) is 6. The molecule has 1 aliphatic rings. The van der Waals surface area contributed by atoms with Crippen molar-refractivity contribution in [2.45, 2.75) is 19.4 Å². The molecule has 0 saturated carbocycles. The van der Waals surface area contributed by atoms with Gasteiger partial charge in [0.1, 0.15) is 11.5 Å². The molecule has 5 aromatic rings. The summed E-state index contributed by atoms with van der Waals surface area (Å²) >= 11 is 27.3. The molecular formula is C44H40Cl4N2O4. The van der Waals surface area contributed by atoms with Gasteiger partial charge in [-0.25, -0.2) is 4.79 Å². The van der Waals surface area contributed by atoms with Crippen molar-refractivity contribution in [3.8, 4) is 11.5 Å². The number of cyclic esters (lactones) is 1. The molecule has 1 aliphatic heterocycles. The summed E-state index contributed by atoms with van der Waals surface area (Å²) in [5.74, 6) is 0.697. The summed E-state index contributed by atoms with van der Waals surface area (Å²) in [7, 11) is 11.3. The highest BCUT2D eigenvalue weighted by Crippen LogP contribution is 2.53. The molecule has 0 radical (unpaired) electrons. The van der Waals surface area contributed by atoms with Gasteiger partial charge in [-0.1, -0.05) is 82.8 Å². The number of hydrogen-bond donors (Lipinski definition) is 0. The standard InChI is InChI=1S/C44H40Cl4N2O4/c1-25-21-29(13-19-35(25)49(3)4)33(27-9-15-31(52-7)16-10-27)23-44(38-37(43(51)54-44)39(45)41(47)42(48)40(38)46)24-34(28-11-17-32(53-8)18-12-28)30-14-20-36(50(5)6)26(2)22-30/h9-24H,1-8H3. The van der Waals surface area contributed by atoms with E-state index in [2.05, 4.69) is 47.9 Å². The van der Waals surface area contributed by atoms with Crippen molar-refractivity contribution in [1.82, 2.24) is 0 Å². The van der Waals surface area contributed by atoms with Gasteiger partial charge < -0.3 is 24.0 Å². The van der Waals surface area contributed by atoms with Crippen LogP contribution in [0.15, 0.2) is 97.1 Å². The van der Waals surface area contributed by atoms with E-state index in [1.165, 1.54) is 0 Å². The van der Waals surface area contributed by atoms with E-state index in [1.54, 1.807) is 14.2 Å². The second-order valence-electron chi connectivity index (χ2n) is 13.6. The van der Waals surface area contributed by atoms with E-state index in [0.29, 0.717) is 11.5 Å². The van der Waals surface area contributed by atoms with Gasteiger partial charge in [0.15, 0.2) is 5.60 Å². The zero-order valence-corrected chi connectivity index (χ0v) is 34.3. The lowest BCUT2D eigenvalue weighted by atomic mass is 9.82. The molecular weight excluding hydrogens is 762 g/mol. The molecule has 0 atom stereocenters. The highest BCUT2D eigenvalue weighted by atomic mass is 35.5. The number of nitrogens with zero attached hydrogens (tertiary/aromatic N) is 2. The summed E-state index contributed by atoms with van der Waals surface area (Å²) in [6, 6.07) is 27.9. The number of halogens is 4. The predicted molar refractivity (Wildman–Crippen MR) is 225 cm³/mol. The molecule has 0 bridgehead atoms. The van der Waals surface area contributed by atoms with Gasteiger partial charge >= 0.3 is 5.97 Å². The van der Waals surface area contributed by atoms with Gasteiger partial charge in [-0.3, -0.25) is 0 Å². The molecule has 6 rings (SSSR count). The Labute approximate surface area is 337 Å². The predicted octanol–water partition coefficient (Wildman–Crippen LogP) is 11.7. The van der Waals surface area contributed by atoms with Crippen LogP contribution >= 0.6 is 46.4 Å². The zero-order chi connectivity index (χ0) is 39.1. The Morgan fingerprint density at radius 3 is 1.35 bits per heavy atom. The van der Waals surface area contributed by atoms with Crippen molar-refractivity contribution in [2.24, 2.45) is 0 Å². The number of anilines is 2. The van der Waals surface area contributed by atoms with Crippen molar-refractivity contribution >= 4 is 74.9 Å². The minimum absolute atomic E-state index is 0.0147. The number of benzene rings is 5. The third-order valence-electron chi connectivity index (χ3n) is 9.62. The van der Waals surface area contributed by atoms with Crippen LogP contribution in [0, 0.1) is 13.8 Å². The van der Waals surface area contributed by atoms with Crippen LogP contribution in [0.2, 0.25) is 20.1 Å². The average Bonchev–Trinajstić information content (AvgIpc) is 3.45. The minimum atomic E-state index is -1.64. The third-order valence-corrected chi connectivity index (χ3v) is 11.4. The summed E-state index contributed by atoms with van der Waals surface area (Å²) in [5.41, 5.74) is 7.86. The number of carbonyl (C=O) groups excluding carboxylic acids is 1. The van der Waals surface area contributed by atoms with Gasteiger partial charge in [0.2, 0.25) is 0 Å². The second-order valence-corrected chi connectivity index (χ2v) is 15.1. The van der Waals surface area contributed by atoms with Crippen LogP contribution in [0.25, 0.3) is 11.1 Å². The third kappa shape index (κ3) is 7.28. The summed E-state index contributed by atoms with van der Waals surface area (Å²) in [4.78, 5) is 18.3. The van der Waals surface area contributed by atoms with Crippen molar-refractivity contribution in [3.05, 3.63) is 162 Å². The summed E-state index contributed by atoms with van der Waals surface area (Å²) < 4.78 is 17.6. The fourth-order valence-corrected chi connectivity index (χ4v) is 8.05. The summed E-state index contributed by atoms with van der Waals surface area (Å²) in [5, 5.41) is 0.00390. The van der Waals surface area contributed by atoms with Crippen LogP contribution in [0.4, 0.5) is 11.4 Å². The Morgan fingerprint density at radius 2 is 0.981 bits per heavy atom. The van der Waals surface area contributed by atoms with Crippen molar-refractivity contribution in [1.29, 1.82) is 0 Å². The minimum Gasteiger partial charge on any atom is -0.497 e. The monoisotopic (exact) mass is 800 g/mol. The van der Waals surface area contributed by atoms with Crippen molar-refractivity contribution < 1.29 is 19.0 Å². The van der Waals surface area contributed by atoms with Gasteiger partial charge in [-0.15, -0.1) is 0 Å². The Kier molecular flexibility index (Phi) is 11.3. The molecule has 5 aromatic carbocycles. The number of methoxy groups -OCH3 is 2. The lowest BCUT2D eigenvalue weighted by molar-refractivity contribution is 0.0300. The quantitative estimate of drug-likeness (QED) is 0.0796. The van der Waals surface area contributed by atoms with Crippen LogP contribution in [-0.4, -0.2) is 48.4 Å². The number of esters is 1. The summed E-state index contributed by atoms with van der Waals surface area (Å²) in [6.07, 6.45) is 3.83. The average molecular weight is 803 g/mol. The molecule has 6 nitrogen and oxygen atoms in total. The number of aryl methyl sites for hydroxylation is 2. The first kappa shape index (κ1) is 39.1. The molecule has 0 N–H and O–H groups in total. The van der Waals surface area contributed by atoms with Gasteiger partial charge in [-0.05, 0) is 119 Å². The highest BCUT2D eigenvalue weighted by molar-refractivity contribution is 6.53. The Bertz CT molecular complexity index is 2190. The Morgan fingerprint density at radius 1 is 0.593 bits per heavy atom. The van der Waals surface area contributed by atoms with Crippen LogP contribution < -0.4 is 19.3 Å². The van der Waals surface area contributed by atoms with Gasteiger partial charge in [0.05, 0.1) is 39.9 Å². The number of carbonyl (C=O) groups is 1. The Balaban J connectivity index is 1.77. The highest BCUT2D eigenvalue weighted by Gasteiger charge is 2.48. The topological polar surface area (TPSA) is 51.2 Å². The Hall–Kier alpha value is -4.59. The maximum atomic E-state index is 14.2. The van der Waals surface area contributed by atoms with Crippen molar-refractivity contribution in [2.75, 3.05) is 52.2 Å². The van der Waals surface area contributed by atoms with E-state index in [0.717, 1.165) is 55.9 Å². The molecule has 0 fully saturated rings. The lowest BCUT2D eigenvalue weighted by Gasteiger charge is -2.28. The number of rotatable bonds is 10. The van der Waals surface area contributed by atoms with E-state index in [-0.39, 0.29) is 31.2 Å². The van der Waals surface area contributed by atoms with Crippen molar-refractivity contribution in [3.63, 3.8) is 0 Å². The molecule has 0 unspecified atom stereocenters. The van der Waals surface area contributed by atoms with Crippen LogP contribution in [0.1, 0.15) is 49.3 Å². The van der Waals surface area contributed by atoms with Gasteiger partial charge in [0.25, 0.3) is 0 Å². The molecule has 10 heteroatoms. The first-order valence-electron chi connectivity index (χ1n) is 17.1. The zero-order valence-electron chi connectivity index (χ0n) is 31.3. The first-order chi connectivity index (χ1) is 25.7. The van der Waals surface area contributed by atoms with Gasteiger partial charge in [-0.2, -0.15) is 0 Å². The lowest BCUT2D eigenvalue weighted by Crippen LogP contribution is -2.23. The van der Waals surface area contributed by atoms with E-state index in [4.69, 9.17) is 60.6 Å². The SMILES string of the molecule is COc1ccc(C(=CC2(C=C(c3ccc(OC)cc3)c3ccc(N(C)C)c(C)c3)OC(=O)c3c(Cl)c(Cl)c(Cl)c(Cl)c32)c2ccc(N(C)C)c(C)c2)cc1. The second kappa shape index (κ2) is 15.6. The van der Waals surface area contributed by atoms with Crippen LogP contribution in [0.3, 0.4) is 0 Å². The number of ether oxygens (including phenoxy) is 3. The maximum absolute atomic E-state index is 14.2. The molecule has 278 valence electrons. The molecule has 0 amide bonds. The van der Waals surface area contributed by atoms with Gasteiger partial charge in [0, 0.05) is 45.1 Å². The summed E-state index contributed by atoms with van der Waals surface area (Å²) in [6.45, 7) is 4.12. The maximum Gasteiger partial charge on any atom is 0.341 e. The molecule has 0 saturated heterocycles.